The zero-order valence-corrected chi connectivity index (χ0v) is 19.5. The Bertz CT molecular complexity index is 1150. The van der Waals surface area contributed by atoms with Crippen molar-refractivity contribution in [2.75, 3.05) is 14.2 Å². The summed E-state index contributed by atoms with van der Waals surface area (Å²) in [6.07, 6.45) is 1.60. The molecular weight excluding hydrogens is 428 g/mol. The minimum absolute atomic E-state index is 0.106. The highest BCUT2D eigenvalue weighted by Gasteiger charge is 2.28. The van der Waals surface area contributed by atoms with Gasteiger partial charge in [-0.05, 0) is 61.4 Å². The first-order chi connectivity index (χ1) is 15.3. The molecule has 0 saturated heterocycles. The van der Waals surface area contributed by atoms with Gasteiger partial charge in [-0.25, -0.2) is 8.42 Å². The molecule has 0 fully saturated rings. The molecule has 0 N–H and O–H groups in total. The molecule has 1 aromatic heterocycles. The fourth-order valence-corrected chi connectivity index (χ4v) is 4.82. The van der Waals surface area contributed by atoms with Gasteiger partial charge >= 0.3 is 0 Å². The Morgan fingerprint density at radius 2 is 1.31 bits per heavy atom. The molecule has 0 unspecified atom stereocenters. The van der Waals surface area contributed by atoms with Crippen molar-refractivity contribution in [1.82, 2.24) is 8.87 Å². The van der Waals surface area contributed by atoms with Crippen molar-refractivity contribution in [1.29, 1.82) is 0 Å². The Labute approximate surface area is 188 Å². The van der Waals surface area contributed by atoms with Gasteiger partial charge in [-0.3, -0.25) is 4.79 Å². The Kier molecular flexibility index (Phi) is 7.37. The summed E-state index contributed by atoms with van der Waals surface area (Å²) in [5.41, 5.74) is 1.03. The highest BCUT2D eigenvalue weighted by Crippen LogP contribution is 2.22. The van der Waals surface area contributed by atoms with E-state index in [1.165, 1.54) is 14.9 Å². The van der Waals surface area contributed by atoms with Crippen molar-refractivity contribution in [3.63, 3.8) is 0 Å². The molecule has 0 saturated carbocycles. The molecule has 7 nitrogen and oxygen atoms in total. The quantitative estimate of drug-likeness (QED) is 0.489. The molecule has 0 bridgehead atoms. The summed E-state index contributed by atoms with van der Waals surface area (Å²) < 4.78 is 40.4. The summed E-state index contributed by atoms with van der Waals surface area (Å²) >= 11 is 0. The van der Waals surface area contributed by atoms with E-state index in [9.17, 15) is 13.2 Å². The van der Waals surface area contributed by atoms with E-state index in [2.05, 4.69) is 0 Å². The molecule has 1 heterocycles. The van der Waals surface area contributed by atoms with Gasteiger partial charge in [0.05, 0.1) is 14.2 Å². The van der Waals surface area contributed by atoms with E-state index in [1.807, 2.05) is 38.1 Å². The average molecular weight is 457 g/mol. The summed E-state index contributed by atoms with van der Waals surface area (Å²) in [7, 11) is -0.930. The predicted octanol–water partition coefficient (Wildman–Crippen LogP) is 3.84. The van der Waals surface area contributed by atoms with Gasteiger partial charge in [-0.15, -0.1) is 0 Å². The van der Waals surface area contributed by atoms with E-state index >= 15 is 0 Å². The lowest BCUT2D eigenvalue weighted by molar-refractivity contribution is 0.396. The number of hydrogen-bond donors (Lipinski definition) is 0. The number of hydrogen-bond acceptors (Lipinski definition) is 5. The molecule has 8 heteroatoms. The molecule has 170 valence electrons. The van der Waals surface area contributed by atoms with Crippen molar-refractivity contribution < 1.29 is 17.9 Å². The third-order valence-electron chi connectivity index (χ3n) is 5.15. The average Bonchev–Trinajstić information content (AvgIpc) is 2.79. The Morgan fingerprint density at radius 1 is 0.844 bits per heavy atom. The van der Waals surface area contributed by atoms with Gasteiger partial charge < -0.3 is 14.0 Å². The molecule has 0 amide bonds. The van der Waals surface area contributed by atoms with Crippen LogP contribution in [-0.2, 0) is 23.1 Å². The van der Waals surface area contributed by atoms with Crippen LogP contribution in [0.3, 0.4) is 0 Å². The number of nitrogens with zero attached hydrogens (tertiary/aromatic N) is 2. The van der Waals surface area contributed by atoms with Gasteiger partial charge in [0.15, 0.2) is 0 Å². The third kappa shape index (κ3) is 5.20. The smallest absolute Gasteiger partial charge is 0.270 e. The van der Waals surface area contributed by atoms with E-state index in [1.54, 1.807) is 50.7 Å². The third-order valence-corrected chi connectivity index (χ3v) is 6.95. The molecular formula is C24H28N2O5S. The molecule has 0 spiro atoms. The van der Waals surface area contributed by atoms with Crippen LogP contribution in [-0.4, -0.2) is 31.5 Å². The molecule has 3 rings (SSSR count). The van der Waals surface area contributed by atoms with E-state index in [0.29, 0.717) is 11.5 Å². The molecule has 2 aromatic carbocycles. The highest BCUT2D eigenvalue weighted by atomic mass is 32.2. The van der Waals surface area contributed by atoms with Crippen LogP contribution in [0.2, 0.25) is 0 Å². The van der Waals surface area contributed by atoms with Crippen LogP contribution in [0, 0.1) is 0 Å². The first-order valence-corrected chi connectivity index (χ1v) is 11.7. The van der Waals surface area contributed by atoms with Crippen molar-refractivity contribution >= 4 is 10.0 Å². The van der Waals surface area contributed by atoms with Crippen LogP contribution in [0.4, 0.5) is 0 Å². The maximum atomic E-state index is 13.6. The van der Waals surface area contributed by atoms with Crippen LogP contribution >= 0.6 is 0 Å². The first-order valence-electron chi connectivity index (χ1n) is 10.2. The maximum Gasteiger partial charge on any atom is 0.270 e. The van der Waals surface area contributed by atoms with Crippen molar-refractivity contribution in [3.05, 3.63) is 88.3 Å². The number of aromatic nitrogens is 1. The lowest BCUT2D eigenvalue weighted by Crippen LogP contribution is -2.36. The van der Waals surface area contributed by atoms with E-state index in [0.717, 1.165) is 11.1 Å². The van der Waals surface area contributed by atoms with Gasteiger partial charge in [0.25, 0.3) is 5.56 Å². The molecule has 0 atom stereocenters. The van der Waals surface area contributed by atoms with Gasteiger partial charge in [0, 0.05) is 25.3 Å². The number of ether oxygens (including phenoxy) is 2. The van der Waals surface area contributed by atoms with Gasteiger partial charge in [0.2, 0.25) is 10.0 Å². The zero-order chi connectivity index (χ0) is 23.3. The highest BCUT2D eigenvalue weighted by molar-refractivity contribution is 7.89. The van der Waals surface area contributed by atoms with Crippen LogP contribution in [0.25, 0.3) is 0 Å². The van der Waals surface area contributed by atoms with Crippen LogP contribution < -0.4 is 15.0 Å². The largest absolute Gasteiger partial charge is 0.497 e. The Morgan fingerprint density at radius 3 is 1.72 bits per heavy atom. The fraction of sp³-hybridized carbons (Fsp3) is 0.292. The summed E-state index contributed by atoms with van der Waals surface area (Å²) in [6, 6.07) is 17.2. The van der Waals surface area contributed by atoms with Crippen molar-refractivity contribution in [3.8, 4) is 11.5 Å². The minimum atomic E-state index is -4.08. The Balaban J connectivity index is 2.03. The van der Waals surface area contributed by atoms with Gasteiger partial charge in [0.1, 0.15) is 16.4 Å². The Hall–Kier alpha value is -3.10. The van der Waals surface area contributed by atoms with E-state index in [4.69, 9.17) is 9.47 Å². The second-order valence-corrected chi connectivity index (χ2v) is 9.55. The molecule has 0 aliphatic heterocycles. The second-order valence-electron chi connectivity index (χ2n) is 7.65. The molecule has 32 heavy (non-hydrogen) atoms. The summed E-state index contributed by atoms with van der Waals surface area (Å²) in [5.74, 6) is 1.36. The molecule has 0 radical (unpaired) electrons. The second kappa shape index (κ2) is 10.0. The standard InChI is InChI=1S/C24H28N2O5S/c1-18(2)26-15-5-6-23(24(26)27)32(28,29)25(16-19-7-11-21(30-3)12-8-19)17-20-9-13-22(31-4)14-10-20/h5-15,18H,16-17H2,1-4H3. The van der Waals surface area contributed by atoms with Gasteiger partial charge in [-0.1, -0.05) is 24.3 Å². The topological polar surface area (TPSA) is 77.8 Å². The minimum Gasteiger partial charge on any atom is -0.497 e. The number of benzene rings is 2. The summed E-state index contributed by atoms with van der Waals surface area (Å²) in [4.78, 5) is 12.7. The zero-order valence-electron chi connectivity index (χ0n) is 18.7. The monoisotopic (exact) mass is 456 g/mol. The van der Waals surface area contributed by atoms with E-state index in [-0.39, 0.29) is 24.0 Å². The van der Waals surface area contributed by atoms with Crippen LogP contribution in [0.1, 0.15) is 31.0 Å². The number of pyridine rings is 1. The van der Waals surface area contributed by atoms with E-state index < -0.39 is 15.6 Å². The predicted molar refractivity (Wildman–Crippen MR) is 124 cm³/mol. The lowest BCUT2D eigenvalue weighted by atomic mass is 10.2. The number of methoxy groups -OCH3 is 2. The summed E-state index contributed by atoms with van der Waals surface area (Å²) in [5, 5.41) is 0. The summed E-state index contributed by atoms with van der Waals surface area (Å²) in [6.45, 7) is 3.89. The van der Waals surface area contributed by atoms with Crippen molar-refractivity contribution in [2.45, 2.75) is 37.9 Å². The molecule has 0 aliphatic rings. The van der Waals surface area contributed by atoms with Crippen molar-refractivity contribution in [2.24, 2.45) is 0 Å². The number of sulfonamides is 1. The molecule has 0 aliphatic carbocycles. The lowest BCUT2D eigenvalue weighted by Gasteiger charge is -2.23. The fourth-order valence-electron chi connectivity index (χ4n) is 3.33. The number of rotatable bonds is 9. The van der Waals surface area contributed by atoms with Crippen LogP contribution in [0.15, 0.2) is 76.6 Å². The molecule has 3 aromatic rings. The van der Waals surface area contributed by atoms with Gasteiger partial charge in [-0.2, -0.15) is 4.31 Å². The maximum absolute atomic E-state index is 13.6. The SMILES string of the molecule is COc1ccc(CN(Cc2ccc(OC)cc2)S(=O)(=O)c2cccn(C(C)C)c2=O)cc1. The van der Waals surface area contributed by atoms with Crippen LogP contribution in [0.5, 0.6) is 11.5 Å². The normalized spacial score (nSPS) is 11.7. The first kappa shape index (κ1) is 23.6.